The fourth-order valence-corrected chi connectivity index (χ4v) is 3.53. The number of amides is 2. The van der Waals surface area contributed by atoms with Gasteiger partial charge in [-0.1, -0.05) is 18.2 Å². The Balaban J connectivity index is 1.83. The molecule has 2 N–H and O–H groups in total. The zero-order valence-corrected chi connectivity index (χ0v) is 13.0. The predicted octanol–water partition coefficient (Wildman–Crippen LogP) is 0.682. The van der Waals surface area contributed by atoms with Crippen LogP contribution in [-0.4, -0.2) is 53.1 Å². The van der Waals surface area contributed by atoms with E-state index in [4.69, 9.17) is 5.73 Å². The Morgan fingerprint density at radius 2 is 1.86 bits per heavy atom. The van der Waals surface area contributed by atoms with E-state index < -0.39 is 11.9 Å². The Morgan fingerprint density at radius 3 is 2.50 bits per heavy atom. The van der Waals surface area contributed by atoms with Gasteiger partial charge < -0.3 is 10.6 Å². The van der Waals surface area contributed by atoms with Crippen molar-refractivity contribution in [3.05, 3.63) is 30.3 Å². The smallest absolute Gasteiger partial charge is 0.270 e. The van der Waals surface area contributed by atoms with E-state index in [0.29, 0.717) is 5.71 Å². The van der Waals surface area contributed by atoms with Crippen molar-refractivity contribution < 1.29 is 9.59 Å². The summed E-state index contributed by atoms with van der Waals surface area (Å²) in [5.41, 5.74) is 6.67. The third-order valence-corrected chi connectivity index (χ3v) is 4.75. The molecule has 1 atom stereocenters. The number of carbonyl (C=O) groups is 2. The maximum absolute atomic E-state index is 12.6. The normalized spacial score (nSPS) is 21.6. The van der Waals surface area contributed by atoms with Crippen LogP contribution >= 0.6 is 11.8 Å². The van der Waals surface area contributed by atoms with Crippen LogP contribution < -0.4 is 10.7 Å². The molecule has 7 heteroatoms. The van der Waals surface area contributed by atoms with E-state index in [-0.39, 0.29) is 12.3 Å². The summed E-state index contributed by atoms with van der Waals surface area (Å²) in [5, 5.41) is 5.95. The van der Waals surface area contributed by atoms with Crippen molar-refractivity contribution in [3.8, 4) is 0 Å². The Hall–Kier alpha value is -2.02. The van der Waals surface area contributed by atoms with Gasteiger partial charge in [0.15, 0.2) is 0 Å². The Kier molecular flexibility index (Phi) is 4.33. The first-order valence-corrected chi connectivity index (χ1v) is 8.40. The van der Waals surface area contributed by atoms with Crippen molar-refractivity contribution >= 4 is 35.0 Å². The van der Waals surface area contributed by atoms with Crippen LogP contribution in [0.3, 0.4) is 0 Å². The summed E-state index contributed by atoms with van der Waals surface area (Å²) >= 11 is 1.84. The summed E-state index contributed by atoms with van der Waals surface area (Å²) in [6, 6.07) is 8.73. The van der Waals surface area contributed by atoms with Gasteiger partial charge in [-0.05, 0) is 12.1 Å². The van der Waals surface area contributed by atoms with Gasteiger partial charge in [0.1, 0.15) is 11.8 Å². The Bertz CT molecular complexity index is 599. The quantitative estimate of drug-likeness (QED) is 0.889. The van der Waals surface area contributed by atoms with E-state index in [9.17, 15) is 9.59 Å². The van der Waals surface area contributed by atoms with Gasteiger partial charge in [-0.3, -0.25) is 14.6 Å². The number of primary amides is 1. The zero-order valence-electron chi connectivity index (χ0n) is 12.1. The fraction of sp³-hybridized carbons (Fsp3) is 0.400. The van der Waals surface area contributed by atoms with E-state index in [1.807, 2.05) is 47.0 Å². The standard InChI is InChI=1S/C15H18N4O2S/c16-14(20)13-10-12(15(21)18-6-8-22-9-7-18)17-19(13)11-4-2-1-3-5-11/h1-5,13H,6-10H2,(H2,16,20)/t13-/m1/s1. The zero-order chi connectivity index (χ0) is 15.5. The van der Waals surface area contributed by atoms with Crippen LogP contribution in [0.25, 0.3) is 0 Å². The number of rotatable bonds is 3. The number of benzene rings is 1. The monoisotopic (exact) mass is 318 g/mol. The third-order valence-electron chi connectivity index (χ3n) is 3.80. The SMILES string of the molecule is NC(=O)[C@H]1CC(C(=O)N2CCSCC2)=NN1c1ccccc1. The second kappa shape index (κ2) is 6.39. The number of anilines is 1. The van der Waals surface area contributed by atoms with Crippen molar-refractivity contribution in [1.82, 2.24) is 4.90 Å². The summed E-state index contributed by atoms with van der Waals surface area (Å²) < 4.78 is 0. The first kappa shape index (κ1) is 14.9. The molecule has 0 saturated carbocycles. The highest BCUT2D eigenvalue weighted by molar-refractivity contribution is 7.99. The Morgan fingerprint density at radius 1 is 1.18 bits per heavy atom. The summed E-state index contributed by atoms with van der Waals surface area (Å²) in [6.07, 6.45) is 0.271. The highest BCUT2D eigenvalue weighted by Crippen LogP contribution is 2.25. The highest BCUT2D eigenvalue weighted by Gasteiger charge is 2.36. The number of nitrogens with zero attached hydrogens (tertiary/aromatic N) is 3. The minimum absolute atomic E-state index is 0.0787. The average molecular weight is 318 g/mol. The minimum Gasteiger partial charge on any atom is -0.368 e. The number of hydrogen-bond acceptors (Lipinski definition) is 5. The van der Waals surface area contributed by atoms with Gasteiger partial charge in [0.05, 0.1) is 5.69 Å². The lowest BCUT2D eigenvalue weighted by molar-refractivity contribution is -0.123. The van der Waals surface area contributed by atoms with Gasteiger partial charge in [0.25, 0.3) is 5.91 Å². The molecule has 22 heavy (non-hydrogen) atoms. The van der Waals surface area contributed by atoms with Gasteiger partial charge in [-0.25, -0.2) is 0 Å². The lowest BCUT2D eigenvalue weighted by Crippen LogP contribution is -2.42. The molecular weight excluding hydrogens is 300 g/mol. The molecule has 0 radical (unpaired) electrons. The molecule has 1 fully saturated rings. The largest absolute Gasteiger partial charge is 0.368 e. The average Bonchev–Trinajstić information content (AvgIpc) is 3.01. The van der Waals surface area contributed by atoms with E-state index >= 15 is 0 Å². The number of hydrogen-bond donors (Lipinski definition) is 1. The van der Waals surface area contributed by atoms with Crippen LogP contribution in [0.4, 0.5) is 5.69 Å². The molecule has 0 unspecified atom stereocenters. The molecular formula is C15H18N4O2S. The van der Waals surface area contributed by atoms with Crippen molar-refractivity contribution in [2.24, 2.45) is 10.8 Å². The molecule has 2 amide bonds. The fourth-order valence-electron chi connectivity index (χ4n) is 2.63. The van der Waals surface area contributed by atoms with Crippen molar-refractivity contribution in [2.45, 2.75) is 12.5 Å². The first-order chi connectivity index (χ1) is 10.7. The minimum atomic E-state index is -0.597. The predicted molar refractivity (Wildman–Crippen MR) is 87.9 cm³/mol. The first-order valence-electron chi connectivity index (χ1n) is 7.25. The molecule has 6 nitrogen and oxygen atoms in total. The number of nitrogens with two attached hydrogens (primary N) is 1. The third kappa shape index (κ3) is 2.94. The molecule has 2 aliphatic rings. The highest BCUT2D eigenvalue weighted by atomic mass is 32.2. The van der Waals surface area contributed by atoms with Crippen LogP contribution in [0.2, 0.25) is 0 Å². The van der Waals surface area contributed by atoms with Crippen LogP contribution in [-0.2, 0) is 9.59 Å². The second-order valence-corrected chi connectivity index (χ2v) is 6.48. The topological polar surface area (TPSA) is 79.0 Å². The lowest BCUT2D eigenvalue weighted by Gasteiger charge is -2.26. The maximum Gasteiger partial charge on any atom is 0.270 e. The molecule has 0 aromatic heterocycles. The summed E-state index contributed by atoms with van der Waals surface area (Å²) in [4.78, 5) is 26.1. The van der Waals surface area contributed by atoms with Gasteiger partial charge in [-0.15, -0.1) is 0 Å². The van der Waals surface area contributed by atoms with Gasteiger partial charge in [-0.2, -0.15) is 16.9 Å². The van der Waals surface area contributed by atoms with E-state index in [0.717, 1.165) is 30.3 Å². The van der Waals surface area contributed by atoms with E-state index in [1.165, 1.54) is 0 Å². The molecule has 1 saturated heterocycles. The second-order valence-electron chi connectivity index (χ2n) is 5.25. The summed E-state index contributed by atoms with van der Waals surface area (Å²) in [5.74, 6) is 1.34. The molecule has 1 aromatic rings. The molecule has 0 spiro atoms. The molecule has 2 aliphatic heterocycles. The summed E-state index contributed by atoms with van der Waals surface area (Å²) in [6.45, 7) is 1.46. The molecule has 0 bridgehead atoms. The van der Waals surface area contributed by atoms with Crippen molar-refractivity contribution in [1.29, 1.82) is 0 Å². The van der Waals surface area contributed by atoms with Crippen molar-refractivity contribution in [3.63, 3.8) is 0 Å². The Labute approximate surface area is 133 Å². The van der Waals surface area contributed by atoms with Gasteiger partial charge >= 0.3 is 0 Å². The van der Waals surface area contributed by atoms with E-state index in [1.54, 1.807) is 5.01 Å². The molecule has 2 heterocycles. The van der Waals surface area contributed by atoms with Crippen LogP contribution in [0, 0.1) is 0 Å². The number of thioether (sulfide) groups is 1. The molecule has 1 aromatic carbocycles. The number of carbonyl (C=O) groups excluding carboxylic acids is 2. The van der Waals surface area contributed by atoms with Gasteiger partial charge in [0.2, 0.25) is 5.91 Å². The van der Waals surface area contributed by atoms with E-state index in [2.05, 4.69) is 5.10 Å². The lowest BCUT2D eigenvalue weighted by atomic mass is 10.1. The molecule has 116 valence electrons. The molecule has 3 rings (SSSR count). The number of para-hydroxylation sites is 1. The van der Waals surface area contributed by atoms with Crippen LogP contribution in [0.15, 0.2) is 35.4 Å². The maximum atomic E-state index is 12.6. The van der Waals surface area contributed by atoms with Crippen molar-refractivity contribution in [2.75, 3.05) is 29.6 Å². The van der Waals surface area contributed by atoms with Crippen LogP contribution in [0.1, 0.15) is 6.42 Å². The van der Waals surface area contributed by atoms with Gasteiger partial charge in [0, 0.05) is 31.0 Å². The summed E-state index contributed by atoms with van der Waals surface area (Å²) in [7, 11) is 0. The molecule has 0 aliphatic carbocycles. The number of hydrazone groups is 1. The van der Waals surface area contributed by atoms with Crippen LogP contribution in [0.5, 0.6) is 0 Å².